The van der Waals surface area contributed by atoms with E-state index in [1.54, 1.807) is 20.1 Å². The largest absolute Gasteiger partial charge is 0.497 e. The Balaban J connectivity index is 1.75. The summed E-state index contributed by atoms with van der Waals surface area (Å²) in [5.41, 5.74) is 1.20. The number of nitrogens with one attached hydrogen (secondary N) is 2. The van der Waals surface area contributed by atoms with Crippen LogP contribution in [0.4, 0.5) is 0 Å². The highest BCUT2D eigenvalue weighted by atomic mass is 32.1. The molecule has 2 unspecified atom stereocenters. The second kappa shape index (κ2) is 9.22. The van der Waals surface area contributed by atoms with Crippen LogP contribution in [0, 0.1) is 0 Å². The van der Waals surface area contributed by atoms with Crippen molar-refractivity contribution in [2.75, 3.05) is 7.11 Å². The van der Waals surface area contributed by atoms with Crippen molar-refractivity contribution in [2.45, 2.75) is 38.8 Å². The molecule has 2 aromatic rings. The van der Waals surface area contributed by atoms with Crippen LogP contribution < -0.4 is 15.4 Å². The summed E-state index contributed by atoms with van der Waals surface area (Å²) in [6.07, 6.45) is 1.69. The van der Waals surface area contributed by atoms with Crippen LogP contribution in [0.5, 0.6) is 5.75 Å². The lowest BCUT2D eigenvalue weighted by molar-refractivity contribution is -0.123. The van der Waals surface area contributed by atoms with Gasteiger partial charge in [0.25, 0.3) is 5.91 Å². The minimum atomic E-state index is -0.571. The monoisotopic (exact) mass is 360 g/mol. The minimum absolute atomic E-state index is 0.0238. The molecule has 134 valence electrons. The first kappa shape index (κ1) is 19.0. The Hall–Kier alpha value is -2.34. The third kappa shape index (κ3) is 5.90. The van der Waals surface area contributed by atoms with Crippen molar-refractivity contribution >= 4 is 23.2 Å². The standard InChI is InChI=1S/C19H24N2O3S/c1-13(6-7-15-8-10-16(24-3)11-9-15)20-18(22)14(2)21-19(23)17-5-4-12-25-17/h4-5,8-14H,6-7H2,1-3H3,(H,20,22)(H,21,23). The lowest BCUT2D eigenvalue weighted by Crippen LogP contribution is -2.47. The SMILES string of the molecule is COc1ccc(CCC(C)NC(=O)C(C)NC(=O)c2cccs2)cc1. The number of carbonyl (C=O) groups is 2. The zero-order valence-electron chi connectivity index (χ0n) is 14.7. The number of hydrogen-bond donors (Lipinski definition) is 2. The highest BCUT2D eigenvalue weighted by molar-refractivity contribution is 7.12. The number of thiophene rings is 1. The van der Waals surface area contributed by atoms with Gasteiger partial charge in [-0.05, 0) is 55.8 Å². The smallest absolute Gasteiger partial charge is 0.261 e. The van der Waals surface area contributed by atoms with E-state index >= 15 is 0 Å². The molecule has 1 heterocycles. The summed E-state index contributed by atoms with van der Waals surface area (Å²) in [7, 11) is 1.64. The average Bonchev–Trinajstić information content (AvgIpc) is 3.15. The minimum Gasteiger partial charge on any atom is -0.497 e. The number of hydrogen-bond acceptors (Lipinski definition) is 4. The van der Waals surface area contributed by atoms with Gasteiger partial charge in [0, 0.05) is 6.04 Å². The van der Waals surface area contributed by atoms with E-state index in [4.69, 9.17) is 4.74 Å². The van der Waals surface area contributed by atoms with E-state index in [0.29, 0.717) is 4.88 Å². The summed E-state index contributed by atoms with van der Waals surface area (Å²) in [6.45, 7) is 3.66. The topological polar surface area (TPSA) is 67.4 Å². The average molecular weight is 360 g/mol. The Morgan fingerprint density at radius 2 is 1.84 bits per heavy atom. The second-order valence-corrected chi connectivity index (χ2v) is 6.92. The molecule has 0 radical (unpaired) electrons. The molecule has 1 aromatic heterocycles. The summed E-state index contributed by atoms with van der Waals surface area (Å²) >= 11 is 1.35. The van der Waals surface area contributed by atoms with Crippen molar-refractivity contribution in [1.29, 1.82) is 0 Å². The summed E-state index contributed by atoms with van der Waals surface area (Å²) in [5, 5.41) is 7.50. The van der Waals surface area contributed by atoms with E-state index in [-0.39, 0.29) is 17.9 Å². The molecule has 0 bridgehead atoms. The Morgan fingerprint density at radius 3 is 2.44 bits per heavy atom. The van der Waals surface area contributed by atoms with Gasteiger partial charge in [-0.15, -0.1) is 11.3 Å². The molecule has 0 aliphatic heterocycles. The highest BCUT2D eigenvalue weighted by Crippen LogP contribution is 2.13. The lowest BCUT2D eigenvalue weighted by Gasteiger charge is -2.18. The summed E-state index contributed by atoms with van der Waals surface area (Å²) in [5.74, 6) is 0.441. The Bertz CT molecular complexity index is 683. The number of methoxy groups -OCH3 is 1. The summed E-state index contributed by atoms with van der Waals surface area (Å²) in [6, 6.07) is 10.9. The van der Waals surface area contributed by atoms with Crippen LogP contribution >= 0.6 is 11.3 Å². The van der Waals surface area contributed by atoms with Gasteiger partial charge in [-0.1, -0.05) is 18.2 Å². The lowest BCUT2D eigenvalue weighted by atomic mass is 10.1. The second-order valence-electron chi connectivity index (χ2n) is 5.97. The quantitative estimate of drug-likeness (QED) is 0.760. The molecule has 0 saturated heterocycles. The molecule has 0 saturated carbocycles. The number of aryl methyl sites for hydroxylation is 1. The fourth-order valence-corrected chi connectivity index (χ4v) is 2.98. The van der Waals surface area contributed by atoms with Crippen LogP contribution in [-0.4, -0.2) is 31.0 Å². The van der Waals surface area contributed by atoms with Gasteiger partial charge in [-0.2, -0.15) is 0 Å². The van der Waals surface area contributed by atoms with Gasteiger partial charge in [0.15, 0.2) is 0 Å². The third-order valence-corrected chi connectivity index (χ3v) is 4.77. The van der Waals surface area contributed by atoms with Gasteiger partial charge < -0.3 is 15.4 Å². The first-order valence-corrected chi connectivity index (χ1v) is 9.15. The number of carbonyl (C=O) groups excluding carboxylic acids is 2. The maximum atomic E-state index is 12.2. The molecule has 2 N–H and O–H groups in total. The van der Waals surface area contributed by atoms with Crippen LogP contribution in [-0.2, 0) is 11.2 Å². The van der Waals surface area contributed by atoms with E-state index in [2.05, 4.69) is 10.6 Å². The Kier molecular flexibility index (Phi) is 7.01. The van der Waals surface area contributed by atoms with Gasteiger partial charge in [0.2, 0.25) is 5.91 Å². The number of rotatable bonds is 8. The molecule has 2 atom stereocenters. The molecular formula is C19H24N2O3S. The van der Waals surface area contributed by atoms with Crippen molar-refractivity contribution in [3.63, 3.8) is 0 Å². The molecule has 1 aromatic carbocycles. The van der Waals surface area contributed by atoms with Gasteiger partial charge >= 0.3 is 0 Å². The maximum Gasteiger partial charge on any atom is 0.261 e. The first-order chi connectivity index (χ1) is 12.0. The molecule has 0 fully saturated rings. The fraction of sp³-hybridized carbons (Fsp3) is 0.368. The molecule has 25 heavy (non-hydrogen) atoms. The molecule has 0 spiro atoms. The van der Waals surface area contributed by atoms with E-state index < -0.39 is 6.04 Å². The van der Waals surface area contributed by atoms with Crippen LogP contribution in [0.25, 0.3) is 0 Å². The molecule has 0 aliphatic rings. The third-order valence-electron chi connectivity index (χ3n) is 3.90. The van der Waals surface area contributed by atoms with Gasteiger partial charge in [-0.25, -0.2) is 0 Å². The van der Waals surface area contributed by atoms with E-state index in [0.717, 1.165) is 18.6 Å². The Labute approximate surface area is 152 Å². The molecule has 0 aliphatic carbocycles. The van der Waals surface area contributed by atoms with Crippen LogP contribution in [0.2, 0.25) is 0 Å². The van der Waals surface area contributed by atoms with Crippen LogP contribution in [0.15, 0.2) is 41.8 Å². The molecule has 6 heteroatoms. The van der Waals surface area contributed by atoms with E-state index in [9.17, 15) is 9.59 Å². The molecule has 2 rings (SSSR count). The van der Waals surface area contributed by atoms with Gasteiger partial charge in [-0.3, -0.25) is 9.59 Å². The van der Waals surface area contributed by atoms with Crippen molar-refractivity contribution in [3.05, 3.63) is 52.2 Å². The zero-order valence-corrected chi connectivity index (χ0v) is 15.6. The van der Waals surface area contributed by atoms with Crippen LogP contribution in [0.1, 0.15) is 35.5 Å². The Morgan fingerprint density at radius 1 is 1.12 bits per heavy atom. The number of amides is 2. The van der Waals surface area contributed by atoms with Crippen molar-refractivity contribution in [3.8, 4) is 5.75 Å². The van der Waals surface area contributed by atoms with E-state index in [1.807, 2.05) is 42.6 Å². The molecule has 5 nitrogen and oxygen atoms in total. The van der Waals surface area contributed by atoms with Gasteiger partial charge in [0.05, 0.1) is 12.0 Å². The predicted octanol–water partition coefficient (Wildman–Crippen LogP) is 3.01. The molecule has 2 amide bonds. The maximum absolute atomic E-state index is 12.2. The predicted molar refractivity (Wildman–Crippen MR) is 100 cm³/mol. The summed E-state index contributed by atoms with van der Waals surface area (Å²) in [4.78, 5) is 24.8. The van der Waals surface area contributed by atoms with Crippen molar-refractivity contribution in [1.82, 2.24) is 10.6 Å². The highest BCUT2D eigenvalue weighted by Gasteiger charge is 2.18. The van der Waals surface area contributed by atoms with Crippen molar-refractivity contribution < 1.29 is 14.3 Å². The number of ether oxygens (including phenoxy) is 1. The van der Waals surface area contributed by atoms with Crippen molar-refractivity contribution in [2.24, 2.45) is 0 Å². The van der Waals surface area contributed by atoms with E-state index in [1.165, 1.54) is 16.9 Å². The molecular weight excluding hydrogens is 336 g/mol. The normalized spacial score (nSPS) is 12.9. The van der Waals surface area contributed by atoms with Crippen LogP contribution in [0.3, 0.4) is 0 Å². The number of benzene rings is 1. The summed E-state index contributed by atoms with van der Waals surface area (Å²) < 4.78 is 5.14. The van der Waals surface area contributed by atoms with Gasteiger partial charge in [0.1, 0.15) is 11.8 Å². The first-order valence-electron chi connectivity index (χ1n) is 8.27. The fourth-order valence-electron chi connectivity index (χ4n) is 2.36. The zero-order chi connectivity index (χ0) is 18.2.